The number of aromatic amines is 4. The van der Waals surface area contributed by atoms with Gasteiger partial charge >= 0.3 is 64.2 Å². The maximum atomic E-state index is 14.9. The molecule has 0 spiro atoms. The van der Waals surface area contributed by atoms with Crippen LogP contribution in [0.1, 0.15) is 119 Å². The number of nitrogens with zero attached hydrogens (tertiary/aromatic N) is 18. The molecule has 0 aliphatic carbocycles. The summed E-state index contributed by atoms with van der Waals surface area (Å²) in [7, 11) is 1.14. The number of H-pyrrole nitrogens is 4. The number of nitrogens with two attached hydrogens (primary N) is 5. The van der Waals surface area contributed by atoms with E-state index in [1.54, 1.807) is 11.5 Å². The minimum Gasteiger partial charge on any atom is -0.383 e. The Labute approximate surface area is 865 Å². The maximum Gasteiger partial charge on any atom is 0.386 e. The molecule has 804 valence electrons. The van der Waals surface area contributed by atoms with E-state index in [2.05, 4.69) is 87.0 Å². The number of ether oxygens (including phenoxy) is 7. The number of hydrogen-bond donors (Lipinski definition) is 16. The van der Waals surface area contributed by atoms with Crippen LogP contribution in [0.2, 0.25) is 0 Å². The Kier molecular flexibility index (Phi) is 32.8. The van der Waals surface area contributed by atoms with Gasteiger partial charge < -0.3 is 145 Å². The highest BCUT2D eigenvalue weighted by Gasteiger charge is 2.52. The van der Waals surface area contributed by atoms with Gasteiger partial charge in [-0.3, -0.25) is 80.1 Å². The van der Waals surface area contributed by atoms with Crippen LogP contribution in [-0.4, -0.2) is 268 Å². The topological polar surface area (TPSA) is 821 Å². The number of thiol groups is 1. The zero-order valence-electron chi connectivity index (χ0n) is 77.2. The lowest BCUT2D eigenvalue weighted by Crippen LogP contribution is -2.33. The highest BCUT2D eigenvalue weighted by molar-refractivity contribution is 8.44. The molecule has 62 nitrogen and oxygen atoms in total. The van der Waals surface area contributed by atoms with Crippen LogP contribution in [0.25, 0.3) is 44.7 Å². The molecule has 0 radical (unpaired) electrons. The molecule has 14 unspecified atom stereocenters. The van der Waals surface area contributed by atoms with Gasteiger partial charge in [0.15, 0.2) is 45.3 Å². The van der Waals surface area contributed by atoms with Crippen molar-refractivity contribution in [2.24, 2.45) is 0 Å². The Bertz CT molecular complexity index is 7740. The molecular weight excluding hydrogens is 2240 g/mol. The first-order valence-electron chi connectivity index (χ1n) is 44.3. The highest BCUT2D eigenvalue weighted by Crippen LogP contribution is 2.61. The van der Waals surface area contributed by atoms with Crippen molar-refractivity contribution in [2.45, 2.75) is 208 Å². The Morgan fingerprint density at radius 3 is 0.980 bits per heavy atom. The second-order valence-corrected chi connectivity index (χ2v) is 54.1. The van der Waals surface area contributed by atoms with Gasteiger partial charge in [-0.1, -0.05) is 19.2 Å². The molecule has 20 N–H and O–H groups in total. The number of fused-ring (bicyclic) bond motifs is 4. The summed E-state index contributed by atoms with van der Waals surface area (Å²) in [6, 6.07) is 0. The van der Waals surface area contributed by atoms with Gasteiger partial charge in [-0.2, -0.15) is 15.0 Å². The first-order chi connectivity index (χ1) is 69.9. The van der Waals surface area contributed by atoms with Crippen molar-refractivity contribution in [2.75, 3.05) is 75.4 Å². The van der Waals surface area contributed by atoms with Gasteiger partial charge in [0, 0.05) is 87.3 Å². The summed E-state index contributed by atoms with van der Waals surface area (Å²) in [4.78, 5) is 219. The lowest BCUT2D eigenvalue weighted by Gasteiger charge is -2.28. The molecule has 28 atom stereocenters. The van der Waals surface area contributed by atoms with Crippen LogP contribution >= 0.6 is 59.4 Å². The van der Waals surface area contributed by atoms with Crippen molar-refractivity contribution >= 4 is 204 Å². The summed E-state index contributed by atoms with van der Waals surface area (Å²) in [6.45, 7) is -30.2. The number of imidazole rings is 4. The summed E-state index contributed by atoms with van der Waals surface area (Å²) in [5, 5.41) is 0. The molecule has 11 aromatic heterocycles. The van der Waals surface area contributed by atoms with E-state index in [1.807, 2.05) is 6.92 Å². The molecule has 7 aliphatic heterocycles. The van der Waals surface area contributed by atoms with Gasteiger partial charge in [0.25, 0.3) is 22.2 Å². The van der Waals surface area contributed by atoms with E-state index >= 15 is 0 Å². The molecule has 7 fully saturated rings. The van der Waals surface area contributed by atoms with E-state index in [0.29, 0.717) is 23.1 Å². The molecular formula is C72H94N27O35P7S7. The monoisotopic (exact) mass is 2340 g/mol. The summed E-state index contributed by atoms with van der Waals surface area (Å²) in [5.74, 6) is -0.511. The van der Waals surface area contributed by atoms with E-state index in [9.17, 15) is 67.5 Å². The van der Waals surface area contributed by atoms with Crippen LogP contribution in [0.15, 0.2) is 90.1 Å². The van der Waals surface area contributed by atoms with Gasteiger partial charge in [0.2, 0.25) is 11.9 Å². The molecule has 18 rings (SSSR count). The van der Waals surface area contributed by atoms with E-state index in [4.69, 9.17) is 196 Å². The molecule has 11 aromatic rings. The highest BCUT2D eigenvalue weighted by atomic mass is 32.7. The maximum absolute atomic E-state index is 14.9. The molecule has 0 aromatic carbocycles. The van der Waals surface area contributed by atoms with Crippen LogP contribution < -0.4 is 68.0 Å². The van der Waals surface area contributed by atoms with Crippen LogP contribution in [0.5, 0.6) is 0 Å². The first-order valence-corrected chi connectivity index (χ1v) is 62.5. The Balaban J connectivity index is 0.560. The summed E-state index contributed by atoms with van der Waals surface area (Å²) in [6.07, 6.45) is -16.5. The first kappa shape index (κ1) is 110. The van der Waals surface area contributed by atoms with Crippen molar-refractivity contribution in [3.8, 4) is 0 Å². The number of hydrogen-bond acceptors (Lipinski definition) is 51. The van der Waals surface area contributed by atoms with Crippen LogP contribution in [-0.2, 0) is 172 Å². The minimum absolute atomic E-state index is 0.0236. The molecule has 7 saturated heterocycles. The number of rotatable bonds is 41. The number of aromatic nitrogens is 22. The number of nitrogens with one attached hydrogen (secondary N) is 4. The summed E-state index contributed by atoms with van der Waals surface area (Å²) < 4.78 is 152. The second kappa shape index (κ2) is 44.0. The van der Waals surface area contributed by atoms with Crippen molar-refractivity contribution in [1.29, 1.82) is 0 Å². The van der Waals surface area contributed by atoms with E-state index in [-0.39, 0.29) is 106 Å². The molecule has 0 bridgehead atoms. The van der Waals surface area contributed by atoms with Gasteiger partial charge in [-0.15, -0.1) is 0 Å². The Morgan fingerprint density at radius 1 is 0.358 bits per heavy atom. The molecule has 0 amide bonds. The van der Waals surface area contributed by atoms with Crippen molar-refractivity contribution < 1.29 is 130 Å². The largest absolute Gasteiger partial charge is 0.386 e. The lowest BCUT2D eigenvalue weighted by atomic mass is 10.1. The lowest BCUT2D eigenvalue weighted by molar-refractivity contribution is -0.0570. The number of anilines is 5. The van der Waals surface area contributed by atoms with Crippen LogP contribution in [0.3, 0.4) is 0 Å². The van der Waals surface area contributed by atoms with Crippen LogP contribution in [0.4, 0.5) is 29.4 Å². The van der Waals surface area contributed by atoms with E-state index < -0.39 is 268 Å². The average molecular weight is 2340 g/mol. The van der Waals surface area contributed by atoms with Gasteiger partial charge in [-0.05, 0) is 98.0 Å². The fourth-order valence-electron chi connectivity index (χ4n) is 17.4. The SMILES string of the molecule is CC[C@H]1O[C@@H](n2cnc3c(N)ncnc32)CC1OP(O)(=S)OC[C@H]1O[C@@H](n2cnc3c(=O)[nH]c(N)nc32)CC1OP(=O)(S)OC[C@H]1O[C@@H](n2cc(C)c(=O)[nH]c2=O)CC1OP(O)(=S)OC[C@H]1O[C@@H](n2cc(C)c(=O)[nH]c2=O)CC1OP(O)(=S)OC[C@H]1O[C@@H](n2cnc3c(=O)[nH]c(N)nc32)CC1OP(O)(=S)OC[C@H]1O[C@@H](n2cc(C)c(N)nc2=O)CC1OP(O)(=S)OC[C@H]1O[C@@H](n2cnc3c(N)ncnc32)CC1OP(O)(=S)OC. The zero-order valence-corrected chi connectivity index (χ0v) is 89.3. The molecule has 76 heteroatoms. The minimum atomic E-state index is -4.81. The molecule has 0 saturated carbocycles. The third-order valence-corrected chi connectivity index (χ3v) is 35.8. The molecule has 148 heavy (non-hydrogen) atoms. The predicted molar refractivity (Wildman–Crippen MR) is 537 cm³/mol. The summed E-state index contributed by atoms with van der Waals surface area (Å²) >= 11 is 37.8. The molecule has 7 aliphatic rings. The second-order valence-electron chi connectivity index (χ2n) is 34.4. The zero-order chi connectivity index (χ0) is 106. The third kappa shape index (κ3) is 24.8. The van der Waals surface area contributed by atoms with Gasteiger partial charge in [0.1, 0.15) is 116 Å². The Hall–Kier alpha value is -7.56. The fraction of sp³-hybridized carbons (Fsp3) is 0.556. The third-order valence-electron chi connectivity index (χ3n) is 24.5. The fourth-order valence-corrected chi connectivity index (χ4v) is 27.3. The number of nitrogen functional groups attached to an aromatic ring is 5. The average Bonchev–Trinajstić information content (AvgIpc) is 1.63. The van der Waals surface area contributed by atoms with Crippen LogP contribution in [0, 0.1) is 20.8 Å². The summed E-state index contributed by atoms with van der Waals surface area (Å²) in [5.41, 5.74) is 25.4. The Morgan fingerprint density at radius 2 is 0.642 bits per heavy atom. The van der Waals surface area contributed by atoms with Gasteiger partial charge in [-0.25, -0.2) is 58.8 Å². The molecule has 18 heterocycles. The smallest absolute Gasteiger partial charge is 0.383 e. The van der Waals surface area contributed by atoms with Crippen molar-refractivity contribution in [3.05, 3.63) is 146 Å². The predicted octanol–water partition coefficient (Wildman–Crippen LogP) is 1.33. The standard InChI is InChI=1S/C72H94N27O35P7S7/c1-6-32-33(7-49(121-32)96-25-82-53-58(74)78-23-80-60(53)96)129-136(108,143)115-21-44-38(12-51(126-44)98-27-84-55-62(98)87-68(76)89-66(55)102)133-141(113,148)119-20-43-36(9-47(124-43)94-15-30(3)64(100)91-71(94)105)131-138(110,145)117-19-42-37(10-48(123-42)95-16-31(4)65(101)92-72(95)106)132-139(111,146)120-22-45-39(13-52(127-45)99-28-85-56-63(99)88-69(77)90-67(56)103)134-140(112,147)118-18-41-35(8-46(122-41)93-14-29(2)57(73)86-70(93)104)130-137(109,144)116-17-40-34(128-135(107,142)114-5)11-50(125-40)97-26-83-54-59(75)79-24-81-61(54)97/h14-16,23-28,32-52H,6-13,17-22H2,1-5H3,(H,107,142)(H,108,143)(H,109,144)(H,110,145)(H,111,146)(H,112,147)(H,113,148)(H2,73,86,104)(H2,74,78,80)(H2,75,79,81)(H,91,100,105)(H,92,101,106)(H3,76,87,89,102)(H3,77,88,90,103)/t32-,33?,34?,35?,36?,37?,38?,39?,40-,41-,42-,43-,44-,45-,46-,47-,48-,49-,50-,51-,52-,135?,136?,137?,138?,139?,140?,141?/m1/s1. The quantitative estimate of drug-likeness (QED) is 0.0190. The van der Waals surface area contributed by atoms with Crippen molar-refractivity contribution in [1.82, 2.24) is 107 Å². The van der Waals surface area contributed by atoms with E-state index in [0.717, 1.165) is 27.0 Å². The van der Waals surface area contributed by atoms with Gasteiger partial charge in [0.05, 0.1) is 108 Å². The normalized spacial score (nSPS) is 29.3. The van der Waals surface area contributed by atoms with E-state index in [1.165, 1.54) is 77.9 Å². The number of aryl methyl sites for hydroxylation is 3. The van der Waals surface area contributed by atoms with Crippen molar-refractivity contribution in [3.63, 3.8) is 0 Å².